The average Bonchev–Trinajstić information content (AvgIpc) is 2.61. The van der Waals surface area contributed by atoms with Crippen LogP contribution < -0.4 is 5.32 Å². The molecule has 0 saturated heterocycles. The number of likely N-dealkylation sites (N-methyl/N-ethyl adjacent to an activating group) is 1. The molecule has 1 aliphatic heterocycles. The van der Waals surface area contributed by atoms with Gasteiger partial charge in [-0.25, -0.2) is 0 Å². The summed E-state index contributed by atoms with van der Waals surface area (Å²) in [6.07, 6.45) is 0.876. The number of fused-ring (bicyclic) bond motifs is 2. The molecule has 2 heterocycles. The number of anilines is 1. The predicted molar refractivity (Wildman–Crippen MR) is 101 cm³/mol. The first-order chi connectivity index (χ1) is 12.1. The molecular weight excluding hydrogens is 310 g/mol. The maximum Gasteiger partial charge on any atom is 0.256 e. The van der Waals surface area contributed by atoms with Crippen LogP contribution in [0.1, 0.15) is 27.2 Å². The molecular formula is C21H21N3O. The van der Waals surface area contributed by atoms with Gasteiger partial charge in [-0.1, -0.05) is 36.4 Å². The summed E-state index contributed by atoms with van der Waals surface area (Å²) in [5.74, 6) is -0.0561. The van der Waals surface area contributed by atoms with Crippen molar-refractivity contribution in [2.75, 3.05) is 18.9 Å². The largest absolute Gasteiger partial charge is 0.322 e. The lowest BCUT2D eigenvalue weighted by atomic mass is 9.95. The molecule has 0 fully saturated rings. The predicted octanol–water partition coefficient (Wildman–Crippen LogP) is 3.78. The second kappa shape index (κ2) is 6.30. The van der Waals surface area contributed by atoms with E-state index in [1.54, 1.807) is 0 Å². The second-order valence-corrected chi connectivity index (χ2v) is 6.69. The van der Waals surface area contributed by atoms with Gasteiger partial charge in [-0.3, -0.25) is 9.78 Å². The zero-order valence-electron chi connectivity index (χ0n) is 14.5. The van der Waals surface area contributed by atoms with Gasteiger partial charge in [-0.15, -0.1) is 0 Å². The normalized spacial score (nSPS) is 14.3. The van der Waals surface area contributed by atoms with Crippen LogP contribution in [-0.4, -0.2) is 29.4 Å². The minimum Gasteiger partial charge on any atom is -0.322 e. The number of aromatic nitrogens is 1. The highest BCUT2D eigenvalue weighted by molar-refractivity contribution is 6.13. The van der Waals surface area contributed by atoms with Gasteiger partial charge in [0.2, 0.25) is 0 Å². The molecule has 4 nitrogen and oxygen atoms in total. The minimum atomic E-state index is -0.0561. The number of rotatable bonds is 2. The Morgan fingerprint density at radius 1 is 1.12 bits per heavy atom. The van der Waals surface area contributed by atoms with Gasteiger partial charge in [0.05, 0.1) is 11.1 Å². The molecule has 1 aromatic heterocycles. The topological polar surface area (TPSA) is 45.2 Å². The van der Waals surface area contributed by atoms with E-state index in [0.29, 0.717) is 0 Å². The zero-order valence-corrected chi connectivity index (χ0v) is 14.5. The van der Waals surface area contributed by atoms with Crippen LogP contribution in [0.25, 0.3) is 10.9 Å². The summed E-state index contributed by atoms with van der Waals surface area (Å²) in [7, 11) is 2.08. The number of para-hydroxylation sites is 2. The summed E-state index contributed by atoms with van der Waals surface area (Å²) >= 11 is 0. The highest BCUT2D eigenvalue weighted by Gasteiger charge is 2.24. The number of pyridine rings is 1. The highest BCUT2D eigenvalue weighted by atomic mass is 16.1. The standard InChI is InChI=1S/C21H21N3O/c1-14-7-3-5-9-17(14)23-21(25)20-15-8-4-6-10-18(15)22-19-11-12-24(2)13-16(19)20/h3-10H,11-13H2,1-2H3,(H,23,25). The third-order valence-electron chi connectivity index (χ3n) is 4.86. The van der Waals surface area contributed by atoms with Crippen molar-refractivity contribution < 1.29 is 4.79 Å². The van der Waals surface area contributed by atoms with Crippen molar-refractivity contribution in [3.8, 4) is 0 Å². The third kappa shape index (κ3) is 2.89. The number of hydrogen-bond donors (Lipinski definition) is 1. The van der Waals surface area contributed by atoms with Gasteiger partial charge < -0.3 is 10.2 Å². The maximum atomic E-state index is 13.2. The van der Waals surface area contributed by atoms with Gasteiger partial charge in [-0.05, 0) is 31.7 Å². The fourth-order valence-electron chi connectivity index (χ4n) is 3.48. The molecule has 4 rings (SSSR count). The molecule has 2 aromatic carbocycles. The van der Waals surface area contributed by atoms with Crippen LogP contribution in [-0.2, 0) is 13.0 Å². The number of carbonyl (C=O) groups excluding carboxylic acids is 1. The number of amides is 1. The zero-order chi connectivity index (χ0) is 17.4. The summed E-state index contributed by atoms with van der Waals surface area (Å²) in [4.78, 5) is 20.3. The lowest BCUT2D eigenvalue weighted by molar-refractivity contribution is 0.102. The number of nitrogens with one attached hydrogen (secondary N) is 1. The molecule has 4 heteroatoms. The number of aryl methyl sites for hydroxylation is 1. The van der Waals surface area contributed by atoms with Gasteiger partial charge >= 0.3 is 0 Å². The Morgan fingerprint density at radius 3 is 2.72 bits per heavy atom. The van der Waals surface area contributed by atoms with Gasteiger partial charge in [0.1, 0.15) is 0 Å². The molecule has 3 aromatic rings. The van der Waals surface area contributed by atoms with E-state index in [9.17, 15) is 4.79 Å². The first-order valence-electron chi connectivity index (χ1n) is 8.59. The Kier molecular flexibility index (Phi) is 3.98. The van der Waals surface area contributed by atoms with Gasteiger partial charge in [0.25, 0.3) is 5.91 Å². The van der Waals surface area contributed by atoms with E-state index in [0.717, 1.165) is 58.5 Å². The Bertz CT molecular complexity index is 965. The van der Waals surface area contributed by atoms with Crippen LogP contribution in [0, 0.1) is 6.92 Å². The quantitative estimate of drug-likeness (QED) is 0.777. The van der Waals surface area contributed by atoms with Crippen LogP contribution in [0.15, 0.2) is 48.5 Å². The molecule has 1 N–H and O–H groups in total. The molecule has 0 radical (unpaired) electrons. The molecule has 1 aliphatic rings. The van der Waals surface area contributed by atoms with Crippen molar-refractivity contribution in [2.24, 2.45) is 0 Å². The molecule has 0 saturated carbocycles. The van der Waals surface area contributed by atoms with E-state index in [-0.39, 0.29) is 5.91 Å². The van der Waals surface area contributed by atoms with Crippen molar-refractivity contribution in [3.05, 3.63) is 70.9 Å². The van der Waals surface area contributed by atoms with Crippen LogP contribution in [0.2, 0.25) is 0 Å². The summed E-state index contributed by atoms with van der Waals surface area (Å²) in [5, 5.41) is 4.02. The Balaban J connectivity index is 1.86. The van der Waals surface area contributed by atoms with E-state index in [4.69, 9.17) is 4.98 Å². The van der Waals surface area contributed by atoms with E-state index in [1.165, 1.54) is 0 Å². The van der Waals surface area contributed by atoms with Crippen molar-refractivity contribution in [1.29, 1.82) is 0 Å². The summed E-state index contributed by atoms with van der Waals surface area (Å²) < 4.78 is 0. The van der Waals surface area contributed by atoms with Crippen LogP contribution in [0.4, 0.5) is 5.69 Å². The molecule has 0 aliphatic carbocycles. The Labute approximate surface area is 147 Å². The van der Waals surface area contributed by atoms with E-state index < -0.39 is 0 Å². The number of nitrogens with zero attached hydrogens (tertiary/aromatic N) is 2. The Hall–Kier alpha value is -2.72. The molecule has 0 spiro atoms. The van der Waals surface area contributed by atoms with E-state index >= 15 is 0 Å². The number of hydrogen-bond acceptors (Lipinski definition) is 3. The smallest absolute Gasteiger partial charge is 0.256 e. The summed E-state index contributed by atoms with van der Waals surface area (Å²) in [5.41, 5.74) is 5.66. The summed E-state index contributed by atoms with van der Waals surface area (Å²) in [6, 6.07) is 15.8. The first-order valence-corrected chi connectivity index (χ1v) is 8.59. The number of benzene rings is 2. The average molecular weight is 331 g/mol. The lowest BCUT2D eigenvalue weighted by Gasteiger charge is -2.27. The van der Waals surface area contributed by atoms with E-state index in [1.807, 2.05) is 55.5 Å². The van der Waals surface area contributed by atoms with Crippen molar-refractivity contribution in [2.45, 2.75) is 19.9 Å². The molecule has 0 bridgehead atoms. The third-order valence-corrected chi connectivity index (χ3v) is 4.86. The molecule has 0 atom stereocenters. The summed E-state index contributed by atoms with van der Waals surface area (Å²) in [6.45, 7) is 3.73. The maximum absolute atomic E-state index is 13.2. The van der Waals surface area contributed by atoms with Crippen molar-refractivity contribution >= 4 is 22.5 Å². The Morgan fingerprint density at radius 2 is 1.88 bits per heavy atom. The van der Waals surface area contributed by atoms with Crippen molar-refractivity contribution in [3.63, 3.8) is 0 Å². The SMILES string of the molecule is Cc1ccccc1NC(=O)c1c2c(nc3ccccc13)CCN(C)C2. The van der Waals surface area contributed by atoms with Gasteiger partial charge in [0.15, 0.2) is 0 Å². The minimum absolute atomic E-state index is 0.0561. The lowest BCUT2D eigenvalue weighted by Crippen LogP contribution is -2.30. The highest BCUT2D eigenvalue weighted by Crippen LogP contribution is 2.28. The molecule has 25 heavy (non-hydrogen) atoms. The fraction of sp³-hybridized carbons (Fsp3) is 0.238. The van der Waals surface area contributed by atoms with Crippen LogP contribution in [0.3, 0.4) is 0 Å². The van der Waals surface area contributed by atoms with Gasteiger partial charge in [-0.2, -0.15) is 0 Å². The second-order valence-electron chi connectivity index (χ2n) is 6.69. The number of carbonyl (C=O) groups is 1. The van der Waals surface area contributed by atoms with Crippen LogP contribution in [0.5, 0.6) is 0 Å². The monoisotopic (exact) mass is 331 g/mol. The molecule has 0 unspecified atom stereocenters. The first kappa shape index (κ1) is 15.8. The van der Waals surface area contributed by atoms with E-state index in [2.05, 4.69) is 17.3 Å². The fourth-order valence-corrected chi connectivity index (χ4v) is 3.48. The van der Waals surface area contributed by atoms with Crippen LogP contribution >= 0.6 is 0 Å². The molecule has 1 amide bonds. The van der Waals surface area contributed by atoms with Gasteiger partial charge in [0, 0.05) is 41.8 Å². The van der Waals surface area contributed by atoms with Crippen molar-refractivity contribution in [1.82, 2.24) is 9.88 Å². The molecule has 126 valence electrons.